The van der Waals surface area contributed by atoms with Gasteiger partial charge in [0.1, 0.15) is 11.8 Å². The molecule has 0 radical (unpaired) electrons. The summed E-state index contributed by atoms with van der Waals surface area (Å²) >= 11 is 0. The second kappa shape index (κ2) is 11.7. The second-order valence-corrected chi connectivity index (χ2v) is 9.61. The third-order valence-electron chi connectivity index (χ3n) is 7.22. The van der Waals surface area contributed by atoms with Gasteiger partial charge in [0.25, 0.3) is 0 Å². The monoisotopic (exact) mass is 469 g/mol. The summed E-state index contributed by atoms with van der Waals surface area (Å²) in [4.78, 5) is 0. The summed E-state index contributed by atoms with van der Waals surface area (Å²) in [5.74, 6) is 0. The lowest BCUT2D eigenvalue weighted by atomic mass is 9.13. The normalized spacial score (nSPS) is 10.9. The Hall–Kier alpha value is -3.88. The Morgan fingerprint density at radius 2 is 0.722 bits per heavy atom. The molecule has 0 unspecified atom stereocenters. The number of nitrogens with two attached hydrogens (primary N) is 1. The van der Waals surface area contributed by atoms with Gasteiger partial charge >= 0.3 is 0 Å². The number of hydrogen-bond donors (Lipinski definition) is 1. The molecule has 5 aromatic rings. The fourth-order valence-corrected chi connectivity index (χ4v) is 5.77. The third-order valence-corrected chi connectivity index (χ3v) is 7.22. The van der Waals surface area contributed by atoms with Crippen LogP contribution >= 0.6 is 0 Å². The van der Waals surface area contributed by atoms with E-state index in [-0.39, 0.29) is 0 Å². The van der Waals surface area contributed by atoms with Crippen LogP contribution in [0.2, 0.25) is 0 Å². The summed E-state index contributed by atoms with van der Waals surface area (Å²) in [6.07, 6.45) is -1.22. The largest absolute Gasteiger partial charge is 0.316 e. The minimum atomic E-state index is -1.22. The van der Waals surface area contributed by atoms with E-state index in [1.807, 2.05) is 0 Å². The maximum absolute atomic E-state index is 2.26. The molecule has 5 aromatic carbocycles. The number of aryl methyl sites for hydroxylation is 3. The van der Waals surface area contributed by atoms with E-state index in [0.29, 0.717) is 0 Å². The number of benzene rings is 5. The number of quaternary nitrogens is 1. The van der Waals surface area contributed by atoms with Crippen LogP contribution < -0.4 is 27.2 Å². The van der Waals surface area contributed by atoms with Crippen LogP contribution in [0.5, 0.6) is 0 Å². The summed E-state index contributed by atoms with van der Waals surface area (Å²) in [5.41, 5.74) is 10.9. The summed E-state index contributed by atoms with van der Waals surface area (Å²) in [7, 11) is 2.09. The first-order valence-electron chi connectivity index (χ1n) is 12.8. The molecule has 0 aliphatic rings. The van der Waals surface area contributed by atoms with Crippen molar-refractivity contribution in [2.75, 3.05) is 7.05 Å². The van der Waals surface area contributed by atoms with Crippen LogP contribution in [0.3, 0.4) is 0 Å². The molecule has 5 rings (SSSR count). The first-order chi connectivity index (χ1) is 17.6. The van der Waals surface area contributed by atoms with E-state index in [9.17, 15) is 0 Å². The molecule has 0 saturated heterocycles. The molecule has 0 aliphatic carbocycles. The maximum atomic E-state index is 2.26. The van der Waals surface area contributed by atoms with Crippen molar-refractivity contribution in [3.05, 3.63) is 150 Å². The lowest BCUT2D eigenvalue weighted by molar-refractivity contribution is -0.540. The molecule has 0 aliphatic heterocycles. The third kappa shape index (κ3) is 5.20. The molecule has 36 heavy (non-hydrogen) atoms. The highest BCUT2D eigenvalue weighted by Gasteiger charge is 2.31. The zero-order valence-electron chi connectivity index (χ0n) is 21.9. The molecule has 0 heterocycles. The SMILES string of the molecule is C[NH2+]c1c(C)cc(C)cc1C.c1ccc([B-](c2ccccc2)(c2ccccc2)c2ccccc2)cc1. The zero-order valence-corrected chi connectivity index (χ0v) is 21.9. The molecule has 0 atom stereocenters. The average Bonchev–Trinajstić information content (AvgIpc) is 2.92. The fraction of sp³-hybridized carbons (Fsp3) is 0.118. The topological polar surface area (TPSA) is 16.6 Å². The van der Waals surface area contributed by atoms with E-state index in [4.69, 9.17) is 0 Å². The number of rotatable bonds is 5. The van der Waals surface area contributed by atoms with Gasteiger partial charge in [0.05, 0.1) is 7.05 Å². The van der Waals surface area contributed by atoms with Gasteiger partial charge in [-0.2, -0.15) is 21.9 Å². The predicted octanol–water partition coefficient (Wildman–Crippen LogP) is 4.50. The van der Waals surface area contributed by atoms with Crippen LogP contribution in [0.1, 0.15) is 16.7 Å². The first-order valence-corrected chi connectivity index (χ1v) is 12.8. The molecule has 0 fully saturated rings. The highest BCUT2D eigenvalue weighted by molar-refractivity contribution is 7.19. The molecular weight excluding hydrogens is 433 g/mol. The molecule has 1 nitrogen and oxygen atoms in total. The number of hydrogen-bond acceptors (Lipinski definition) is 0. The van der Waals surface area contributed by atoms with Crippen molar-refractivity contribution in [1.82, 2.24) is 0 Å². The Labute approximate surface area is 216 Å². The second-order valence-electron chi connectivity index (χ2n) is 9.61. The van der Waals surface area contributed by atoms with Gasteiger partial charge in [-0.1, -0.05) is 139 Å². The van der Waals surface area contributed by atoms with Gasteiger partial charge in [0, 0.05) is 11.1 Å². The van der Waals surface area contributed by atoms with Gasteiger partial charge in [-0.05, 0) is 20.8 Å². The summed E-state index contributed by atoms with van der Waals surface area (Å²) in [6.45, 7) is 6.46. The molecular formula is C34H36BN. The van der Waals surface area contributed by atoms with Crippen molar-refractivity contribution in [2.45, 2.75) is 20.8 Å². The Bertz CT molecular complexity index is 1180. The minimum absolute atomic E-state index is 1.22. The van der Waals surface area contributed by atoms with Crippen LogP contribution in [0, 0.1) is 20.8 Å². The van der Waals surface area contributed by atoms with E-state index >= 15 is 0 Å². The molecule has 0 saturated carbocycles. The van der Waals surface area contributed by atoms with E-state index in [2.05, 4.69) is 167 Å². The lowest BCUT2D eigenvalue weighted by Crippen LogP contribution is -2.74. The van der Waals surface area contributed by atoms with Crippen molar-refractivity contribution in [1.29, 1.82) is 0 Å². The summed E-state index contributed by atoms with van der Waals surface area (Å²) < 4.78 is 0. The Morgan fingerprint density at radius 1 is 0.444 bits per heavy atom. The highest BCUT2D eigenvalue weighted by atomic mass is 14.8. The predicted molar refractivity (Wildman–Crippen MR) is 158 cm³/mol. The average molecular weight is 469 g/mol. The molecule has 0 spiro atoms. The van der Waals surface area contributed by atoms with Crippen LogP contribution in [-0.4, -0.2) is 13.2 Å². The molecule has 0 amide bonds. The van der Waals surface area contributed by atoms with E-state index in [1.165, 1.54) is 44.2 Å². The molecule has 0 aromatic heterocycles. The van der Waals surface area contributed by atoms with Crippen LogP contribution in [-0.2, 0) is 0 Å². The van der Waals surface area contributed by atoms with Gasteiger partial charge in [0.15, 0.2) is 0 Å². The Kier molecular flexibility index (Phi) is 8.20. The van der Waals surface area contributed by atoms with Gasteiger partial charge in [-0.25, -0.2) is 0 Å². The van der Waals surface area contributed by atoms with Crippen molar-refractivity contribution in [2.24, 2.45) is 0 Å². The van der Waals surface area contributed by atoms with E-state index in [0.717, 1.165) is 0 Å². The zero-order chi connectivity index (χ0) is 25.4. The smallest absolute Gasteiger partial charge is 0.135 e. The highest BCUT2D eigenvalue weighted by Crippen LogP contribution is 2.16. The van der Waals surface area contributed by atoms with Crippen molar-refractivity contribution >= 4 is 33.7 Å². The van der Waals surface area contributed by atoms with Crippen LogP contribution in [0.4, 0.5) is 5.69 Å². The minimum Gasteiger partial charge on any atom is -0.316 e. The molecule has 2 heteroatoms. The van der Waals surface area contributed by atoms with Gasteiger partial charge in [-0.3, -0.25) is 0 Å². The standard InChI is InChI=1S/C24H20B.C10H15N/c1-5-13-21(14-6-1)25(22-15-7-2-8-16-22,23-17-9-3-10-18-23)24-19-11-4-12-20-24;1-7-5-8(2)10(11-4)9(3)6-7/h1-20H;5-6,11H,1-4H3/q-1;/p+1. The maximum Gasteiger partial charge on any atom is 0.135 e. The Balaban J connectivity index is 0.000000233. The lowest BCUT2D eigenvalue weighted by Gasteiger charge is -2.44. The quantitative estimate of drug-likeness (QED) is 0.288. The molecule has 2 N–H and O–H groups in total. The van der Waals surface area contributed by atoms with Crippen molar-refractivity contribution in [3.63, 3.8) is 0 Å². The van der Waals surface area contributed by atoms with Crippen LogP contribution in [0.25, 0.3) is 0 Å². The van der Waals surface area contributed by atoms with Gasteiger partial charge < -0.3 is 5.32 Å². The Morgan fingerprint density at radius 3 is 0.972 bits per heavy atom. The fourth-order valence-electron chi connectivity index (χ4n) is 5.77. The van der Waals surface area contributed by atoms with Crippen molar-refractivity contribution < 1.29 is 5.32 Å². The first kappa shape index (κ1) is 25.2. The van der Waals surface area contributed by atoms with Gasteiger partial charge in [-0.15, -0.1) is 0 Å². The summed E-state index contributed by atoms with van der Waals surface area (Å²) in [5, 5.41) is 2.17. The van der Waals surface area contributed by atoms with Gasteiger partial charge in [0.2, 0.25) is 0 Å². The van der Waals surface area contributed by atoms with E-state index < -0.39 is 6.15 Å². The molecule has 0 bridgehead atoms. The molecule has 180 valence electrons. The van der Waals surface area contributed by atoms with E-state index in [1.54, 1.807) is 0 Å². The van der Waals surface area contributed by atoms with Crippen LogP contribution in [0.15, 0.2) is 133 Å². The van der Waals surface area contributed by atoms with Crippen molar-refractivity contribution in [3.8, 4) is 0 Å². The summed E-state index contributed by atoms with van der Waals surface area (Å²) in [6, 6.07) is 48.0.